The van der Waals surface area contributed by atoms with Gasteiger partial charge >= 0.3 is 0 Å². The molecule has 1 amide bonds. The molecular weight excluding hydrogens is 453 g/mol. The number of nitrogens with one attached hydrogen (secondary N) is 2. The molecule has 32 heavy (non-hydrogen) atoms. The van der Waals surface area contributed by atoms with Gasteiger partial charge in [0.2, 0.25) is 5.91 Å². The number of anilines is 1. The Morgan fingerprint density at radius 1 is 1.06 bits per heavy atom. The smallest absolute Gasteiger partial charge is 0.237 e. The molecule has 3 atom stereocenters. The first-order valence-electron chi connectivity index (χ1n) is 10.4. The molecule has 3 aromatic rings. The Balaban J connectivity index is 1.82. The second kappa shape index (κ2) is 7.84. The molecule has 3 aromatic carbocycles. The third-order valence-corrected chi connectivity index (χ3v) is 7.24. The highest BCUT2D eigenvalue weighted by Gasteiger charge is 2.60. The molecule has 2 N–H and O–H groups in total. The van der Waals surface area contributed by atoms with Gasteiger partial charge in [-0.1, -0.05) is 41.4 Å². The number of carbonyl (C=O) groups excluding carboxylic acids is 1. The molecule has 7 heteroatoms. The molecule has 3 nitrogen and oxygen atoms in total. The molecule has 164 valence electrons. The molecule has 2 heterocycles. The minimum Gasteiger partial charge on any atom is -0.325 e. The second-order valence-corrected chi connectivity index (χ2v) is 9.26. The lowest BCUT2D eigenvalue weighted by molar-refractivity contribution is -0.123. The van der Waals surface area contributed by atoms with E-state index in [1.54, 1.807) is 12.1 Å². The van der Waals surface area contributed by atoms with Gasteiger partial charge in [0, 0.05) is 16.6 Å². The minimum absolute atomic E-state index is 0.0670. The summed E-state index contributed by atoms with van der Waals surface area (Å²) in [6.07, 6.45) is 0.613. The predicted molar refractivity (Wildman–Crippen MR) is 122 cm³/mol. The number of piperidine rings is 1. The van der Waals surface area contributed by atoms with Gasteiger partial charge in [-0.25, -0.2) is 8.78 Å². The van der Waals surface area contributed by atoms with Crippen molar-refractivity contribution in [1.29, 1.82) is 0 Å². The maximum Gasteiger partial charge on any atom is 0.237 e. The summed E-state index contributed by atoms with van der Waals surface area (Å²) in [5.74, 6) is -1.60. The summed E-state index contributed by atoms with van der Waals surface area (Å²) in [6.45, 7) is 2.47. The van der Waals surface area contributed by atoms with E-state index in [1.165, 1.54) is 24.3 Å². The molecule has 1 saturated heterocycles. The zero-order chi connectivity index (χ0) is 22.6. The average molecular weight is 473 g/mol. The maximum absolute atomic E-state index is 14.7. The SMILES string of the molecule is Cc1ccc(F)cc1[C@H]1NCC[C@@H](c2cccc(Cl)c2)[C@]12C(=O)Nc1cc(Cl)c(F)cc12. The molecule has 5 rings (SSSR count). The first-order valence-corrected chi connectivity index (χ1v) is 11.1. The Kier molecular flexibility index (Phi) is 5.24. The van der Waals surface area contributed by atoms with Gasteiger partial charge < -0.3 is 10.6 Å². The van der Waals surface area contributed by atoms with Crippen molar-refractivity contribution in [1.82, 2.24) is 5.32 Å². The van der Waals surface area contributed by atoms with Crippen molar-refractivity contribution in [2.75, 3.05) is 11.9 Å². The monoisotopic (exact) mass is 472 g/mol. The second-order valence-electron chi connectivity index (χ2n) is 8.42. The lowest BCUT2D eigenvalue weighted by Crippen LogP contribution is -2.55. The van der Waals surface area contributed by atoms with Gasteiger partial charge in [0.1, 0.15) is 17.0 Å². The average Bonchev–Trinajstić information content (AvgIpc) is 3.02. The normalized spacial score (nSPS) is 24.5. The van der Waals surface area contributed by atoms with Gasteiger partial charge in [-0.15, -0.1) is 0 Å². The lowest BCUT2D eigenvalue weighted by Gasteiger charge is -2.47. The topological polar surface area (TPSA) is 41.1 Å². The number of amides is 1. The van der Waals surface area contributed by atoms with Crippen molar-refractivity contribution in [2.24, 2.45) is 0 Å². The van der Waals surface area contributed by atoms with Gasteiger partial charge in [0.25, 0.3) is 0 Å². The third kappa shape index (κ3) is 3.14. The number of hydrogen-bond donors (Lipinski definition) is 2. The largest absolute Gasteiger partial charge is 0.325 e. The molecule has 0 aliphatic carbocycles. The fraction of sp³-hybridized carbons (Fsp3) is 0.240. The molecule has 0 saturated carbocycles. The van der Waals surface area contributed by atoms with Crippen LogP contribution in [0.2, 0.25) is 10.0 Å². The van der Waals surface area contributed by atoms with Gasteiger partial charge in [0.05, 0.1) is 11.1 Å². The zero-order valence-electron chi connectivity index (χ0n) is 17.2. The number of rotatable bonds is 2. The van der Waals surface area contributed by atoms with Crippen molar-refractivity contribution in [3.8, 4) is 0 Å². The van der Waals surface area contributed by atoms with Gasteiger partial charge in [-0.05, 0) is 78.5 Å². The van der Waals surface area contributed by atoms with Crippen LogP contribution in [-0.2, 0) is 10.2 Å². The zero-order valence-corrected chi connectivity index (χ0v) is 18.7. The van der Waals surface area contributed by atoms with Crippen LogP contribution in [-0.4, -0.2) is 12.5 Å². The van der Waals surface area contributed by atoms with Gasteiger partial charge in [-0.3, -0.25) is 4.79 Å². The van der Waals surface area contributed by atoms with Crippen LogP contribution in [0.15, 0.2) is 54.6 Å². The fourth-order valence-corrected chi connectivity index (χ4v) is 5.73. The first-order chi connectivity index (χ1) is 15.3. The van der Waals surface area contributed by atoms with Crippen LogP contribution >= 0.6 is 23.2 Å². The molecule has 0 bridgehead atoms. The van der Waals surface area contributed by atoms with Crippen molar-refractivity contribution in [3.05, 3.63) is 98.5 Å². The van der Waals surface area contributed by atoms with E-state index in [0.717, 1.165) is 11.1 Å². The number of fused-ring (bicyclic) bond motifs is 2. The van der Waals surface area contributed by atoms with Crippen LogP contribution in [0.1, 0.15) is 40.6 Å². The van der Waals surface area contributed by atoms with Crippen LogP contribution < -0.4 is 10.6 Å². The summed E-state index contributed by atoms with van der Waals surface area (Å²) >= 11 is 12.3. The van der Waals surface area contributed by atoms with E-state index in [0.29, 0.717) is 34.8 Å². The Morgan fingerprint density at radius 3 is 2.66 bits per heavy atom. The van der Waals surface area contributed by atoms with Crippen molar-refractivity contribution in [3.63, 3.8) is 0 Å². The predicted octanol–water partition coefficient (Wildman–Crippen LogP) is 6.29. The maximum atomic E-state index is 14.7. The van der Waals surface area contributed by atoms with Gasteiger partial charge in [0.15, 0.2) is 0 Å². The van der Waals surface area contributed by atoms with Crippen LogP contribution in [0.3, 0.4) is 0 Å². The van der Waals surface area contributed by atoms with Crippen molar-refractivity contribution < 1.29 is 13.6 Å². The molecule has 2 aliphatic rings. The number of carbonyl (C=O) groups is 1. The summed E-state index contributed by atoms with van der Waals surface area (Å²) in [5, 5.41) is 6.84. The molecule has 0 unspecified atom stereocenters. The van der Waals surface area contributed by atoms with Crippen LogP contribution in [0.5, 0.6) is 0 Å². The first kappa shape index (κ1) is 21.4. The Bertz CT molecular complexity index is 1250. The lowest BCUT2D eigenvalue weighted by atomic mass is 9.59. The van der Waals surface area contributed by atoms with E-state index in [4.69, 9.17) is 23.2 Å². The summed E-state index contributed by atoms with van der Waals surface area (Å²) < 4.78 is 29.1. The standard InChI is InChI=1S/C25H20Cl2F2N2O/c1-13-5-6-16(28)10-17(13)23-25(18(7-8-30-23)14-3-2-4-15(26)9-14)19-11-21(29)20(27)12-22(19)31-24(25)32/h2-6,9-12,18,23,30H,7-8H2,1H3,(H,31,32)/t18-,23+,25+/m0/s1. The van der Waals surface area contributed by atoms with E-state index in [1.807, 2.05) is 25.1 Å². The summed E-state index contributed by atoms with van der Waals surface area (Å²) in [5.41, 5.74) is 2.13. The number of aryl methyl sites for hydroxylation is 1. The van der Waals surface area contributed by atoms with Crippen molar-refractivity contribution in [2.45, 2.75) is 30.7 Å². The van der Waals surface area contributed by atoms with Crippen molar-refractivity contribution >= 4 is 34.8 Å². The van der Waals surface area contributed by atoms with Crippen LogP contribution in [0.25, 0.3) is 0 Å². The Labute approximate surface area is 194 Å². The Morgan fingerprint density at radius 2 is 1.88 bits per heavy atom. The molecular formula is C25H20Cl2F2N2O. The molecule has 0 aromatic heterocycles. The minimum atomic E-state index is -1.22. The highest BCUT2D eigenvalue weighted by molar-refractivity contribution is 6.31. The van der Waals surface area contributed by atoms with Crippen LogP contribution in [0, 0.1) is 18.6 Å². The highest BCUT2D eigenvalue weighted by atomic mass is 35.5. The Hall–Kier alpha value is -2.47. The van der Waals surface area contributed by atoms with E-state index in [-0.39, 0.29) is 16.8 Å². The van der Waals surface area contributed by atoms with E-state index in [2.05, 4.69) is 10.6 Å². The van der Waals surface area contributed by atoms with Gasteiger partial charge in [-0.2, -0.15) is 0 Å². The summed E-state index contributed by atoms with van der Waals surface area (Å²) in [4.78, 5) is 13.8. The molecule has 1 spiro atoms. The van der Waals surface area contributed by atoms with E-state index >= 15 is 0 Å². The quantitative estimate of drug-likeness (QED) is 0.460. The van der Waals surface area contributed by atoms with E-state index in [9.17, 15) is 13.6 Å². The molecule has 2 aliphatic heterocycles. The number of hydrogen-bond acceptors (Lipinski definition) is 2. The summed E-state index contributed by atoms with van der Waals surface area (Å²) in [7, 11) is 0. The fourth-order valence-electron chi connectivity index (χ4n) is 5.37. The molecule has 1 fully saturated rings. The highest BCUT2D eigenvalue weighted by Crippen LogP contribution is 2.58. The van der Waals surface area contributed by atoms with E-state index < -0.39 is 23.1 Å². The third-order valence-electron chi connectivity index (χ3n) is 6.72. The molecule has 0 radical (unpaired) electrons. The summed E-state index contributed by atoms with van der Waals surface area (Å²) in [6, 6.07) is 14.1. The number of benzene rings is 3. The number of halogens is 4. The van der Waals surface area contributed by atoms with Crippen LogP contribution in [0.4, 0.5) is 14.5 Å².